The molecular formula is C12H18Cl2N2. The van der Waals surface area contributed by atoms with Gasteiger partial charge in [-0.05, 0) is 31.5 Å². The average molecular weight is 261 g/mol. The quantitative estimate of drug-likeness (QED) is 0.906. The lowest BCUT2D eigenvalue weighted by Gasteiger charge is -2.39. The highest BCUT2D eigenvalue weighted by atomic mass is 35.5. The monoisotopic (exact) mass is 260 g/mol. The second-order valence-corrected chi connectivity index (χ2v) is 4.80. The second-order valence-electron chi connectivity index (χ2n) is 4.39. The first-order valence-electron chi connectivity index (χ1n) is 5.36. The number of rotatable bonds is 3. The highest BCUT2D eigenvalue weighted by Crippen LogP contribution is 2.25. The molecule has 0 atom stereocenters. The van der Waals surface area contributed by atoms with Gasteiger partial charge in [0, 0.05) is 23.7 Å². The van der Waals surface area contributed by atoms with Crippen molar-refractivity contribution in [1.29, 1.82) is 0 Å². The minimum atomic E-state index is 0. The van der Waals surface area contributed by atoms with Crippen LogP contribution in [0.4, 0.5) is 0 Å². The standard InChI is InChI=1S/C12H17ClN2.ClH/c1-15(11-6-10(14)7-11)8-9-4-2-3-5-12(9)13;/h2-5,10-11H,6-8,14H2,1H3;1H. The van der Waals surface area contributed by atoms with Crippen molar-refractivity contribution in [1.82, 2.24) is 4.90 Å². The van der Waals surface area contributed by atoms with E-state index in [0.29, 0.717) is 12.1 Å². The van der Waals surface area contributed by atoms with E-state index in [1.807, 2.05) is 18.2 Å². The Labute approximate surface area is 108 Å². The van der Waals surface area contributed by atoms with Crippen molar-refractivity contribution in [3.63, 3.8) is 0 Å². The van der Waals surface area contributed by atoms with Gasteiger partial charge in [-0.2, -0.15) is 0 Å². The summed E-state index contributed by atoms with van der Waals surface area (Å²) in [6, 6.07) is 9.06. The Morgan fingerprint density at radius 1 is 1.38 bits per heavy atom. The van der Waals surface area contributed by atoms with Crippen molar-refractivity contribution in [2.45, 2.75) is 31.5 Å². The second kappa shape index (κ2) is 5.87. The van der Waals surface area contributed by atoms with Crippen LogP contribution in [0.2, 0.25) is 5.02 Å². The number of nitrogens with two attached hydrogens (primary N) is 1. The first-order chi connectivity index (χ1) is 7.16. The maximum atomic E-state index is 6.11. The lowest BCUT2D eigenvalue weighted by molar-refractivity contribution is 0.132. The van der Waals surface area contributed by atoms with Gasteiger partial charge in [0.25, 0.3) is 0 Å². The Bertz CT molecular complexity index is 338. The number of halogens is 2. The maximum Gasteiger partial charge on any atom is 0.0451 e. The zero-order chi connectivity index (χ0) is 10.8. The number of benzene rings is 1. The molecule has 0 bridgehead atoms. The van der Waals surface area contributed by atoms with Crippen LogP contribution in [0.3, 0.4) is 0 Å². The van der Waals surface area contributed by atoms with E-state index >= 15 is 0 Å². The maximum absolute atomic E-state index is 6.11. The van der Waals surface area contributed by atoms with Crippen LogP contribution in [0.15, 0.2) is 24.3 Å². The van der Waals surface area contributed by atoms with E-state index in [2.05, 4.69) is 18.0 Å². The summed E-state index contributed by atoms with van der Waals surface area (Å²) in [6.45, 7) is 0.914. The summed E-state index contributed by atoms with van der Waals surface area (Å²) < 4.78 is 0. The SMILES string of the molecule is CN(Cc1ccccc1Cl)C1CC(N)C1.Cl. The van der Waals surface area contributed by atoms with Gasteiger partial charge in [-0.1, -0.05) is 29.8 Å². The molecule has 1 aliphatic carbocycles. The predicted molar refractivity (Wildman–Crippen MR) is 71.2 cm³/mol. The molecule has 2 rings (SSSR count). The summed E-state index contributed by atoms with van der Waals surface area (Å²) in [5.41, 5.74) is 6.97. The van der Waals surface area contributed by atoms with Crippen LogP contribution in [0.1, 0.15) is 18.4 Å². The Balaban J connectivity index is 0.00000128. The molecular weight excluding hydrogens is 243 g/mol. The zero-order valence-corrected chi connectivity index (χ0v) is 11.0. The molecule has 1 saturated carbocycles. The third kappa shape index (κ3) is 3.11. The minimum Gasteiger partial charge on any atom is -0.328 e. The first-order valence-corrected chi connectivity index (χ1v) is 5.74. The summed E-state index contributed by atoms with van der Waals surface area (Å²) in [4.78, 5) is 2.34. The van der Waals surface area contributed by atoms with E-state index in [0.717, 1.165) is 24.4 Å². The third-order valence-corrected chi connectivity index (χ3v) is 3.52. The van der Waals surface area contributed by atoms with Gasteiger partial charge >= 0.3 is 0 Å². The fraction of sp³-hybridized carbons (Fsp3) is 0.500. The third-order valence-electron chi connectivity index (χ3n) is 3.15. The molecule has 0 amide bonds. The van der Waals surface area contributed by atoms with E-state index in [9.17, 15) is 0 Å². The summed E-state index contributed by atoms with van der Waals surface area (Å²) in [7, 11) is 2.14. The number of hydrogen-bond donors (Lipinski definition) is 1. The summed E-state index contributed by atoms with van der Waals surface area (Å²) in [5, 5.41) is 0.855. The van der Waals surface area contributed by atoms with Gasteiger partial charge in [-0.3, -0.25) is 4.90 Å². The zero-order valence-electron chi connectivity index (χ0n) is 9.40. The molecule has 1 aromatic rings. The van der Waals surface area contributed by atoms with E-state index in [-0.39, 0.29) is 12.4 Å². The van der Waals surface area contributed by atoms with Gasteiger partial charge in [0.1, 0.15) is 0 Å². The first kappa shape index (κ1) is 13.8. The predicted octanol–water partition coefficient (Wildman–Crippen LogP) is 2.68. The highest BCUT2D eigenvalue weighted by Gasteiger charge is 2.29. The lowest BCUT2D eigenvalue weighted by atomic mass is 9.86. The number of hydrogen-bond acceptors (Lipinski definition) is 2. The van der Waals surface area contributed by atoms with Gasteiger partial charge in [0.15, 0.2) is 0 Å². The van der Waals surface area contributed by atoms with Crippen molar-refractivity contribution < 1.29 is 0 Å². The fourth-order valence-corrected chi connectivity index (χ4v) is 2.21. The topological polar surface area (TPSA) is 29.3 Å². The molecule has 0 saturated heterocycles. The summed E-state index contributed by atoms with van der Waals surface area (Å²) in [5.74, 6) is 0. The minimum absolute atomic E-state index is 0. The molecule has 0 aromatic heterocycles. The van der Waals surface area contributed by atoms with Crippen molar-refractivity contribution in [3.05, 3.63) is 34.9 Å². The molecule has 16 heavy (non-hydrogen) atoms. The number of nitrogens with zero attached hydrogens (tertiary/aromatic N) is 1. The van der Waals surface area contributed by atoms with Gasteiger partial charge in [0.05, 0.1) is 0 Å². The molecule has 4 heteroatoms. The molecule has 1 fully saturated rings. The van der Waals surface area contributed by atoms with Crippen LogP contribution >= 0.6 is 24.0 Å². The normalized spacial score (nSPS) is 23.8. The van der Waals surface area contributed by atoms with Crippen LogP contribution in [0.25, 0.3) is 0 Å². The van der Waals surface area contributed by atoms with Crippen molar-refractivity contribution in [2.24, 2.45) is 5.73 Å². The van der Waals surface area contributed by atoms with E-state index in [1.165, 1.54) is 5.56 Å². The summed E-state index contributed by atoms with van der Waals surface area (Å²) in [6.07, 6.45) is 2.22. The van der Waals surface area contributed by atoms with Crippen molar-refractivity contribution in [2.75, 3.05) is 7.05 Å². The van der Waals surface area contributed by atoms with Gasteiger partial charge < -0.3 is 5.73 Å². The Morgan fingerprint density at radius 3 is 2.56 bits per heavy atom. The van der Waals surface area contributed by atoms with Crippen LogP contribution in [-0.4, -0.2) is 24.0 Å². The Kier molecular flexibility index (Phi) is 5.06. The molecule has 90 valence electrons. The largest absolute Gasteiger partial charge is 0.328 e. The van der Waals surface area contributed by atoms with Crippen LogP contribution < -0.4 is 5.73 Å². The van der Waals surface area contributed by atoms with E-state index < -0.39 is 0 Å². The molecule has 0 spiro atoms. The van der Waals surface area contributed by atoms with Gasteiger partial charge in [-0.25, -0.2) is 0 Å². The van der Waals surface area contributed by atoms with Crippen LogP contribution in [0, 0.1) is 0 Å². The van der Waals surface area contributed by atoms with Gasteiger partial charge in [-0.15, -0.1) is 12.4 Å². The molecule has 0 radical (unpaired) electrons. The smallest absolute Gasteiger partial charge is 0.0451 e. The lowest BCUT2D eigenvalue weighted by Crippen LogP contribution is -2.48. The van der Waals surface area contributed by atoms with Crippen LogP contribution in [0.5, 0.6) is 0 Å². The molecule has 1 aromatic carbocycles. The molecule has 0 heterocycles. The molecule has 2 nitrogen and oxygen atoms in total. The summed E-state index contributed by atoms with van der Waals surface area (Å²) >= 11 is 6.11. The van der Waals surface area contributed by atoms with E-state index in [1.54, 1.807) is 0 Å². The Hall–Kier alpha value is -0.280. The molecule has 2 N–H and O–H groups in total. The van der Waals surface area contributed by atoms with Crippen LogP contribution in [-0.2, 0) is 6.54 Å². The highest BCUT2D eigenvalue weighted by molar-refractivity contribution is 6.31. The van der Waals surface area contributed by atoms with Gasteiger partial charge in [0.2, 0.25) is 0 Å². The fourth-order valence-electron chi connectivity index (χ4n) is 2.01. The molecule has 0 aliphatic heterocycles. The van der Waals surface area contributed by atoms with Crippen molar-refractivity contribution in [3.8, 4) is 0 Å². The Morgan fingerprint density at radius 2 is 2.00 bits per heavy atom. The molecule has 1 aliphatic rings. The average Bonchev–Trinajstić information content (AvgIpc) is 2.17. The van der Waals surface area contributed by atoms with Crippen molar-refractivity contribution >= 4 is 24.0 Å². The van der Waals surface area contributed by atoms with E-state index in [4.69, 9.17) is 17.3 Å². The molecule has 0 unspecified atom stereocenters.